The molecule has 0 atom stereocenters. The molecule has 1 aromatic heterocycles. The molecule has 2 N–H and O–H groups in total. The van der Waals surface area contributed by atoms with Crippen LogP contribution in [-0.4, -0.2) is 15.9 Å². The molecule has 0 aliphatic carbocycles. The molecule has 5 nitrogen and oxygen atoms in total. The van der Waals surface area contributed by atoms with Crippen molar-refractivity contribution in [3.8, 4) is 11.4 Å². The Morgan fingerprint density at radius 3 is 2.58 bits per heavy atom. The number of aromatic amines is 1. The highest BCUT2D eigenvalue weighted by atomic mass is 16.1. The van der Waals surface area contributed by atoms with Gasteiger partial charge in [0.15, 0.2) is 0 Å². The number of hydrogen-bond donors (Lipinski definition) is 2. The fourth-order valence-corrected chi connectivity index (χ4v) is 2.49. The molecule has 1 heterocycles. The zero-order chi connectivity index (χ0) is 17.1. The summed E-state index contributed by atoms with van der Waals surface area (Å²) >= 11 is 0. The number of carbonyl (C=O) groups is 1. The highest BCUT2D eigenvalue weighted by molar-refractivity contribution is 6.05. The monoisotopic (exact) mass is 319 g/mol. The molecule has 0 radical (unpaired) electrons. The number of amides is 1. The van der Waals surface area contributed by atoms with Crippen LogP contribution >= 0.6 is 0 Å². The van der Waals surface area contributed by atoms with Gasteiger partial charge in [0.25, 0.3) is 11.5 Å². The summed E-state index contributed by atoms with van der Waals surface area (Å²) in [6.45, 7) is 3.66. The van der Waals surface area contributed by atoms with Gasteiger partial charge in [-0.3, -0.25) is 9.59 Å². The minimum absolute atomic E-state index is 0.170. The van der Waals surface area contributed by atoms with Gasteiger partial charge in [0, 0.05) is 28.6 Å². The Labute approximate surface area is 139 Å². The second-order valence-electron chi connectivity index (χ2n) is 5.59. The van der Waals surface area contributed by atoms with Gasteiger partial charge >= 0.3 is 0 Å². The SMILES string of the molecule is Cc1cc(=O)[nH]c(-c2cccc(NC(=O)c3ccccc3C)c2)n1. The van der Waals surface area contributed by atoms with Crippen molar-refractivity contribution in [1.82, 2.24) is 9.97 Å². The lowest BCUT2D eigenvalue weighted by Crippen LogP contribution is -2.13. The molecule has 0 unspecified atom stereocenters. The Hall–Kier alpha value is -3.21. The lowest BCUT2D eigenvalue weighted by Gasteiger charge is -2.09. The van der Waals surface area contributed by atoms with Crippen LogP contribution in [0.2, 0.25) is 0 Å². The molecule has 24 heavy (non-hydrogen) atoms. The summed E-state index contributed by atoms with van der Waals surface area (Å²) in [5, 5.41) is 2.88. The highest BCUT2D eigenvalue weighted by Crippen LogP contribution is 2.20. The fourth-order valence-electron chi connectivity index (χ4n) is 2.49. The number of H-pyrrole nitrogens is 1. The predicted octanol–water partition coefficient (Wildman–Crippen LogP) is 3.31. The Morgan fingerprint density at radius 2 is 1.83 bits per heavy atom. The first-order valence-corrected chi connectivity index (χ1v) is 7.58. The average molecular weight is 319 g/mol. The minimum Gasteiger partial charge on any atom is -0.322 e. The van der Waals surface area contributed by atoms with Crippen LogP contribution in [0.5, 0.6) is 0 Å². The first-order chi connectivity index (χ1) is 11.5. The van der Waals surface area contributed by atoms with Crippen LogP contribution in [0.3, 0.4) is 0 Å². The third kappa shape index (κ3) is 3.41. The van der Waals surface area contributed by atoms with Crippen LogP contribution in [0.1, 0.15) is 21.6 Å². The molecule has 0 bridgehead atoms. The topological polar surface area (TPSA) is 74.8 Å². The Morgan fingerprint density at radius 1 is 1.04 bits per heavy atom. The van der Waals surface area contributed by atoms with Crippen molar-refractivity contribution in [2.24, 2.45) is 0 Å². The van der Waals surface area contributed by atoms with E-state index in [0.29, 0.717) is 22.8 Å². The van der Waals surface area contributed by atoms with E-state index in [4.69, 9.17) is 0 Å². The normalized spacial score (nSPS) is 10.4. The number of nitrogens with zero attached hydrogens (tertiary/aromatic N) is 1. The van der Waals surface area contributed by atoms with Crippen molar-refractivity contribution < 1.29 is 4.79 Å². The molecule has 0 aliphatic rings. The van der Waals surface area contributed by atoms with Crippen LogP contribution in [0.25, 0.3) is 11.4 Å². The molecule has 3 rings (SSSR count). The van der Waals surface area contributed by atoms with Crippen molar-refractivity contribution in [2.45, 2.75) is 13.8 Å². The fraction of sp³-hybridized carbons (Fsp3) is 0.105. The van der Waals surface area contributed by atoms with Gasteiger partial charge in [-0.2, -0.15) is 0 Å². The molecule has 2 aromatic carbocycles. The summed E-state index contributed by atoms with van der Waals surface area (Å²) in [5.41, 5.74) is 3.36. The summed E-state index contributed by atoms with van der Waals surface area (Å²) in [4.78, 5) is 31.0. The van der Waals surface area contributed by atoms with E-state index in [1.807, 2.05) is 37.3 Å². The smallest absolute Gasteiger partial charge is 0.255 e. The molecule has 5 heteroatoms. The number of hydrogen-bond acceptors (Lipinski definition) is 3. The van der Waals surface area contributed by atoms with Gasteiger partial charge < -0.3 is 10.3 Å². The van der Waals surface area contributed by atoms with Gasteiger partial charge in [-0.15, -0.1) is 0 Å². The largest absolute Gasteiger partial charge is 0.322 e. The van der Waals surface area contributed by atoms with Crippen LogP contribution in [0.4, 0.5) is 5.69 Å². The third-order valence-corrected chi connectivity index (χ3v) is 3.65. The van der Waals surface area contributed by atoms with Gasteiger partial charge in [0.1, 0.15) is 5.82 Å². The summed E-state index contributed by atoms with van der Waals surface area (Å²) < 4.78 is 0. The van der Waals surface area contributed by atoms with Crippen molar-refractivity contribution in [1.29, 1.82) is 0 Å². The number of carbonyl (C=O) groups excluding carboxylic acids is 1. The summed E-state index contributed by atoms with van der Waals surface area (Å²) in [6, 6.07) is 16.1. The first-order valence-electron chi connectivity index (χ1n) is 7.58. The molecular formula is C19H17N3O2. The van der Waals surface area contributed by atoms with Crippen molar-refractivity contribution in [3.63, 3.8) is 0 Å². The summed E-state index contributed by atoms with van der Waals surface area (Å²) in [7, 11) is 0. The first kappa shape index (κ1) is 15.7. The maximum Gasteiger partial charge on any atom is 0.255 e. The maximum atomic E-state index is 12.4. The second kappa shape index (κ2) is 6.50. The van der Waals surface area contributed by atoms with E-state index < -0.39 is 0 Å². The molecule has 3 aromatic rings. The van der Waals surface area contributed by atoms with Crippen molar-refractivity contribution >= 4 is 11.6 Å². The summed E-state index contributed by atoms with van der Waals surface area (Å²) in [6.07, 6.45) is 0. The van der Waals surface area contributed by atoms with E-state index >= 15 is 0 Å². The van der Waals surface area contributed by atoms with E-state index in [-0.39, 0.29) is 11.5 Å². The number of benzene rings is 2. The van der Waals surface area contributed by atoms with E-state index in [2.05, 4.69) is 15.3 Å². The predicted molar refractivity (Wildman–Crippen MR) is 94.2 cm³/mol. The van der Waals surface area contributed by atoms with E-state index in [1.165, 1.54) is 6.07 Å². The van der Waals surface area contributed by atoms with E-state index in [9.17, 15) is 9.59 Å². The zero-order valence-electron chi connectivity index (χ0n) is 13.5. The molecule has 1 amide bonds. The molecule has 0 saturated carbocycles. The molecule has 0 saturated heterocycles. The van der Waals surface area contributed by atoms with Gasteiger partial charge in [0.2, 0.25) is 0 Å². The molecule has 0 spiro atoms. The number of aryl methyl sites for hydroxylation is 2. The van der Waals surface area contributed by atoms with Gasteiger partial charge in [-0.25, -0.2) is 4.98 Å². The van der Waals surface area contributed by atoms with Crippen LogP contribution < -0.4 is 10.9 Å². The third-order valence-electron chi connectivity index (χ3n) is 3.65. The Bertz CT molecular complexity index is 961. The highest BCUT2D eigenvalue weighted by Gasteiger charge is 2.09. The quantitative estimate of drug-likeness (QED) is 0.778. The maximum absolute atomic E-state index is 12.4. The second-order valence-corrected chi connectivity index (χ2v) is 5.59. The average Bonchev–Trinajstić information content (AvgIpc) is 2.54. The van der Waals surface area contributed by atoms with E-state index in [1.54, 1.807) is 25.1 Å². The van der Waals surface area contributed by atoms with Crippen LogP contribution in [0, 0.1) is 13.8 Å². The van der Waals surface area contributed by atoms with Crippen LogP contribution in [-0.2, 0) is 0 Å². The number of aromatic nitrogens is 2. The lowest BCUT2D eigenvalue weighted by molar-refractivity contribution is 0.102. The van der Waals surface area contributed by atoms with Gasteiger partial charge in [0.05, 0.1) is 0 Å². The number of nitrogens with one attached hydrogen (secondary N) is 2. The number of anilines is 1. The van der Waals surface area contributed by atoms with E-state index in [0.717, 1.165) is 11.1 Å². The number of rotatable bonds is 3. The molecule has 120 valence electrons. The van der Waals surface area contributed by atoms with Crippen molar-refractivity contribution in [3.05, 3.63) is 81.8 Å². The Kier molecular flexibility index (Phi) is 4.24. The lowest BCUT2D eigenvalue weighted by atomic mass is 10.1. The zero-order valence-corrected chi connectivity index (χ0v) is 13.5. The minimum atomic E-state index is -0.202. The molecule has 0 fully saturated rings. The van der Waals surface area contributed by atoms with Gasteiger partial charge in [-0.1, -0.05) is 30.3 Å². The molecule has 0 aliphatic heterocycles. The molecular weight excluding hydrogens is 302 g/mol. The van der Waals surface area contributed by atoms with Gasteiger partial charge in [-0.05, 0) is 37.6 Å². The van der Waals surface area contributed by atoms with Crippen LogP contribution in [0.15, 0.2) is 59.4 Å². The Balaban J connectivity index is 1.90. The van der Waals surface area contributed by atoms with Crippen molar-refractivity contribution in [2.75, 3.05) is 5.32 Å². The standard InChI is InChI=1S/C19H17N3O2/c1-12-6-3-4-9-16(12)19(24)21-15-8-5-7-14(11-15)18-20-13(2)10-17(23)22-18/h3-11H,1-2H3,(H,21,24)(H,20,22,23). The summed E-state index contributed by atoms with van der Waals surface area (Å²) in [5.74, 6) is 0.308.